The molecule has 1 N–H and O–H groups in total. The molecular formula is C10H10ClNO2. The molecule has 0 aromatic heterocycles. The molecule has 0 unspecified atom stereocenters. The summed E-state index contributed by atoms with van der Waals surface area (Å²) in [5, 5.41) is 8.20. The zero-order valence-corrected chi connectivity index (χ0v) is 8.47. The highest BCUT2D eigenvalue weighted by atomic mass is 35.5. The fourth-order valence-corrected chi connectivity index (χ4v) is 1.10. The summed E-state index contributed by atoms with van der Waals surface area (Å²) in [5.41, 5.74) is 0.910. The first-order valence-corrected chi connectivity index (χ1v) is 4.41. The van der Waals surface area contributed by atoms with E-state index in [1.54, 1.807) is 24.3 Å². The van der Waals surface area contributed by atoms with Gasteiger partial charge in [-0.2, -0.15) is 0 Å². The molecule has 0 atom stereocenters. The molecule has 1 aromatic rings. The molecule has 0 fully saturated rings. The molecular weight excluding hydrogens is 202 g/mol. The van der Waals surface area contributed by atoms with Crippen molar-refractivity contribution in [3.05, 3.63) is 34.9 Å². The van der Waals surface area contributed by atoms with Gasteiger partial charge in [-0.25, -0.2) is 0 Å². The van der Waals surface area contributed by atoms with E-state index in [2.05, 4.69) is 4.74 Å². The molecule has 0 aliphatic rings. The van der Waals surface area contributed by atoms with Gasteiger partial charge in [-0.3, -0.25) is 4.79 Å². The summed E-state index contributed by atoms with van der Waals surface area (Å²) in [6.45, 7) is 0. The summed E-state index contributed by atoms with van der Waals surface area (Å²) >= 11 is 5.69. The molecule has 0 saturated carbocycles. The smallest absolute Gasteiger partial charge is 0.311 e. The van der Waals surface area contributed by atoms with Crippen LogP contribution in [0.2, 0.25) is 5.02 Å². The van der Waals surface area contributed by atoms with Crippen molar-refractivity contribution >= 4 is 23.3 Å². The van der Waals surface area contributed by atoms with Gasteiger partial charge in [-0.15, -0.1) is 0 Å². The van der Waals surface area contributed by atoms with E-state index in [1.165, 1.54) is 7.11 Å². The van der Waals surface area contributed by atoms with Gasteiger partial charge in [0.15, 0.2) is 0 Å². The van der Waals surface area contributed by atoms with Crippen LogP contribution in [0, 0.1) is 5.41 Å². The average molecular weight is 212 g/mol. The first-order chi connectivity index (χ1) is 6.63. The Balaban J connectivity index is 2.70. The third kappa shape index (κ3) is 2.85. The van der Waals surface area contributed by atoms with E-state index in [9.17, 15) is 4.79 Å². The lowest BCUT2D eigenvalue weighted by Gasteiger charge is -2.02. The van der Waals surface area contributed by atoms with Gasteiger partial charge in [0, 0.05) is 10.7 Å². The van der Waals surface area contributed by atoms with E-state index < -0.39 is 5.97 Å². The van der Waals surface area contributed by atoms with Crippen LogP contribution in [-0.2, 0) is 9.53 Å². The summed E-state index contributed by atoms with van der Waals surface area (Å²) in [6, 6.07) is 6.77. The van der Waals surface area contributed by atoms with E-state index in [-0.39, 0.29) is 12.1 Å². The number of halogens is 1. The molecule has 74 valence electrons. The lowest BCUT2D eigenvalue weighted by atomic mass is 10.1. The second kappa shape index (κ2) is 4.77. The number of methoxy groups -OCH3 is 1. The van der Waals surface area contributed by atoms with E-state index in [1.807, 2.05) is 0 Å². The van der Waals surface area contributed by atoms with Crippen LogP contribution in [0.3, 0.4) is 0 Å². The standard InChI is InChI=1S/C10H10ClNO2/c1-14-10(13)6-9(12)7-2-4-8(11)5-3-7/h2-5,12H,6H2,1H3. The summed E-state index contributed by atoms with van der Waals surface area (Å²) < 4.78 is 4.46. The Morgan fingerprint density at radius 2 is 2.00 bits per heavy atom. The number of hydrogen-bond donors (Lipinski definition) is 1. The zero-order valence-electron chi connectivity index (χ0n) is 7.71. The van der Waals surface area contributed by atoms with Gasteiger partial charge in [0.05, 0.1) is 13.5 Å². The van der Waals surface area contributed by atoms with Crippen LogP contribution in [0.1, 0.15) is 12.0 Å². The van der Waals surface area contributed by atoms with E-state index in [4.69, 9.17) is 17.0 Å². The van der Waals surface area contributed by atoms with Crippen LogP contribution in [0.15, 0.2) is 24.3 Å². The normalized spacial score (nSPS) is 9.57. The molecule has 0 radical (unpaired) electrons. The third-order valence-corrected chi connectivity index (χ3v) is 1.99. The van der Waals surface area contributed by atoms with Crippen LogP contribution in [0.4, 0.5) is 0 Å². The summed E-state index contributed by atoms with van der Waals surface area (Å²) in [4.78, 5) is 10.9. The Hall–Kier alpha value is -1.35. The Morgan fingerprint density at radius 3 is 2.50 bits per heavy atom. The summed E-state index contributed by atoms with van der Waals surface area (Å²) in [6.07, 6.45) is -0.0157. The van der Waals surface area contributed by atoms with Gasteiger partial charge in [0.1, 0.15) is 0 Å². The lowest BCUT2D eigenvalue weighted by Crippen LogP contribution is -2.09. The maximum atomic E-state index is 10.9. The number of esters is 1. The summed E-state index contributed by atoms with van der Waals surface area (Å²) in [5.74, 6) is -0.412. The first kappa shape index (κ1) is 10.7. The predicted molar refractivity (Wildman–Crippen MR) is 54.9 cm³/mol. The number of carbonyl (C=O) groups is 1. The Morgan fingerprint density at radius 1 is 1.43 bits per heavy atom. The fraction of sp³-hybridized carbons (Fsp3) is 0.200. The van der Waals surface area contributed by atoms with Crippen LogP contribution < -0.4 is 0 Å². The molecule has 1 rings (SSSR count). The molecule has 0 amide bonds. The van der Waals surface area contributed by atoms with Crippen molar-refractivity contribution in [3.8, 4) is 0 Å². The van der Waals surface area contributed by atoms with Crippen molar-refractivity contribution in [1.29, 1.82) is 5.41 Å². The number of rotatable bonds is 3. The molecule has 4 heteroatoms. The minimum Gasteiger partial charge on any atom is -0.469 e. The van der Waals surface area contributed by atoms with Crippen molar-refractivity contribution in [2.45, 2.75) is 6.42 Å². The third-order valence-electron chi connectivity index (χ3n) is 1.74. The highest BCUT2D eigenvalue weighted by Gasteiger charge is 2.07. The lowest BCUT2D eigenvalue weighted by molar-refractivity contribution is -0.139. The van der Waals surface area contributed by atoms with Gasteiger partial charge in [-0.05, 0) is 17.7 Å². The number of benzene rings is 1. The second-order valence-corrected chi connectivity index (χ2v) is 3.17. The number of hydrogen-bond acceptors (Lipinski definition) is 3. The molecule has 0 heterocycles. The van der Waals surface area contributed by atoms with E-state index >= 15 is 0 Å². The fourth-order valence-electron chi connectivity index (χ4n) is 0.970. The molecule has 0 spiro atoms. The Kier molecular flexibility index (Phi) is 3.65. The van der Waals surface area contributed by atoms with Crippen LogP contribution in [0.25, 0.3) is 0 Å². The number of carbonyl (C=O) groups excluding carboxylic acids is 1. The Bertz CT molecular complexity index is 346. The molecule has 0 aliphatic heterocycles. The first-order valence-electron chi connectivity index (χ1n) is 4.03. The molecule has 1 aromatic carbocycles. The van der Waals surface area contributed by atoms with Crippen LogP contribution in [-0.4, -0.2) is 18.8 Å². The highest BCUT2D eigenvalue weighted by Crippen LogP contribution is 2.11. The minimum atomic E-state index is -0.412. The zero-order chi connectivity index (χ0) is 10.6. The summed E-state index contributed by atoms with van der Waals surface area (Å²) in [7, 11) is 1.30. The van der Waals surface area contributed by atoms with Gasteiger partial charge in [0.25, 0.3) is 0 Å². The largest absolute Gasteiger partial charge is 0.469 e. The van der Waals surface area contributed by atoms with Crippen molar-refractivity contribution < 1.29 is 9.53 Å². The molecule has 0 saturated heterocycles. The SMILES string of the molecule is COC(=O)CC(=N)c1ccc(Cl)cc1. The van der Waals surface area contributed by atoms with Crippen molar-refractivity contribution in [2.24, 2.45) is 0 Å². The molecule has 0 aliphatic carbocycles. The van der Waals surface area contributed by atoms with Gasteiger partial charge >= 0.3 is 5.97 Å². The van der Waals surface area contributed by atoms with Gasteiger partial charge in [-0.1, -0.05) is 23.7 Å². The molecule has 14 heavy (non-hydrogen) atoms. The monoisotopic (exact) mass is 211 g/mol. The highest BCUT2D eigenvalue weighted by molar-refractivity contribution is 6.30. The van der Waals surface area contributed by atoms with Gasteiger partial charge in [0.2, 0.25) is 0 Å². The molecule has 0 bridgehead atoms. The quantitative estimate of drug-likeness (QED) is 0.616. The molecule has 3 nitrogen and oxygen atoms in total. The number of ether oxygens (including phenoxy) is 1. The van der Waals surface area contributed by atoms with E-state index in [0.717, 1.165) is 0 Å². The van der Waals surface area contributed by atoms with Crippen molar-refractivity contribution in [1.82, 2.24) is 0 Å². The van der Waals surface area contributed by atoms with Crippen LogP contribution >= 0.6 is 11.6 Å². The predicted octanol–water partition coefficient (Wildman–Crippen LogP) is 2.27. The maximum absolute atomic E-state index is 10.9. The minimum absolute atomic E-state index is 0.0157. The average Bonchev–Trinajstić information content (AvgIpc) is 2.18. The van der Waals surface area contributed by atoms with Crippen molar-refractivity contribution in [2.75, 3.05) is 7.11 Å². The second-order valence-electron chi connectivity index (χ2n) is 2.74. The Labute approximate surface area is 87.2 Å². The number of nitrogens with one attached hydrogen (secondary N) is 1. The maximum Gasteiger partial charge on any atom is 0.311 e. The van der Waals surface area contributed by atoms with Gasteiger partial charge < -0.3 is 10.1 Å². The topological polar surface area (TPSA) is 50.2 Å². The van der Waals surface area contributed by atoms with Crippen molar-refractivity contribution in [3.63, 3.8) is 0 Å². The van der Waals surface area contributed by atoms with Crippen LogP contribution in [0.5, 0.6) is 0 Å². The van der Waals surface area contributed by atoms with E-state index in [0.29, 0.717) is 10.6 Å².